The topological polar surface area (TPSA) is 0 Å². The van der Waals surface area contributed by atoms with Gasteiger partial charge in [-0.15, -0.1) is 0 Å². The molecule has 0 amide bonds. The van der Waals surface area contributed by atoms with E-state index in [0.29, 0.717) is 11.8 Å². The van der Waals surface area contributed by atoms with Gasteiger partial charge in [0, 0.05) is 19.0 Å². The second-order valence-electron chi connectivity index (χ2n) is 8.67. The van der Waals surface area contributed by atoms with Crippen molar-refractivity contribution >= 4 is 51.3 Å². The van der Waals surface area contributed by atoms with E-state index >= 15 is 0 Å². The lowest BCUT2D eigenvalue weighted by molar-refractivity contribution is 0.278. The van der Waals surface area contributed by atoms with Crippen LogP contribution in [0.2, 0.25) is 0 Å². The van der Waals surface area contributed by atoms with Gasteiger partial charge in [0.2, 0.25) is 0 Å². The molecule has 0 aromatic heterocycles. The minimum atomic E-state index is 0.0715. The van der Waals surface area contributed by atoms with Gasteiger partial charge < -0.3 is 0 Å². The minimum absolute atomic E-state index is 0.0715. The van der Waals surface area contributed by atoms with Gasteiger partial charge in [0.05, 0.1) is 0 Å². The summed E-state index contributed by atoms with van der Waals surface area (Å²) in [6, 6.07) is 22.9. The van der Waals surface area contributed by atoms with Crippen molar-refractivity contribution in [2.24, 2.45) is 5.41 Å². The Morgan fingerprint density at radius 1 is 0.714 bits per heavy atom. The summed E-state index contributed by atoms with van der Waals surface area (Å²) in [6.45, 7) is 7.26. The van der Waals surface area contributed by atoms with Gasteiger partial charge in [-0.2, -0.15) is 0 Å². The van der Waals surface area contributed by atoms with Crippen molar-refractivity contribution in [3.05, 3.63) is 95.6 Å². The third-order valence-electron chi connectivity index (χ3n) is 6.57. The van der Waals surface area contributed by atoms with Crippen LogP contribution in [0.15, 0.2) is 66.2 Å². The van der Waals surface area contributed by atoms with Crippen LogP contribution in [-0.4, -0.2) is 0 Å². The van der Waals surface area contributed by atoms with E-state index < -0.39 is 0 Å². The zero-order valence-electron chi connectivity index (χ0n) is 16.3. The lowest BCUT2D eigenvalue weighted by atomic mass is 9.63. The molecule has 0 heterocycles. The van der Waals surface area contributed by atoms with Crippen LogP contribution in [0.4, 0.5) is 0 Å². The Balaban J connectivity index is 1.74. The van der Waals surface area contributed by atoms with Gasteiger partial charge in [0.25, 0.3) is 0 Å². The second kappa shape index (κ2) is 6.69. The van der Waals surface area contributed by atoms with E-state index in [-0.39, 0.29) is 5.41 Å². The van der Waals surface area contributed by atoms with Crippen molar-refractivity contribution in [3.8, 4) is 11.1 Å². The molecule has 0 N–H and O–H groups in total. The molecule has 3 aromatic carbocycles. The summed E-state index contributed by atoms with van der Waals surface area (Å²) in [7, 11) is 0. The van der Waals surface area contributed by atoms with Gasteiger partial charge >= 0.3 is 0 Å². The Morgan fingerprint density at radius 3 is 1.89 bits per heavy atom. The molecule has 0 spiro atoms. The van der Waals surface area contributed by atoms with Crippen molar-refractivity contribution in [2.75, 3.05) is 0 Å². The fourth-order valence-electron chi connectivity index (χ4n) is 5.64. The third-order valence-corrected chi connectivity index (χ3v) is 7.91. The number of halogens is 2. The highest BCUT2D eigenvalue weighted by Gasteiger charge is 2.46. The Labute approximate surface area is 194 Å². The fourth-order valence-corrected chi connectivity index (χ4v) is 6.67. The smallest absolute Gasteiger partial charge is 0.0162 e. The molecule has 1 unspecified atom stereocenters. The van der Waals surface area contributed by atoms with Gasteiger partial charge in [-0.1, -0.05) is 61.9 Å². The quantitative estimate of drug-likeness (QED) is 0.265. The van der Waals surface area contributed by atoms with Crippen LogP contribution in [0, 0.1) is 12.6 Å². The van der Waals surface area contributed by atoms with E-state index in [2.05, 4.69) is 133 Å². The minimum Gasteiger partial charge on any atom is -0.0646 e. The summed E-state index contributed by atoms with van der Waals surface area (Å²) in [5.41, 5.74) is 10.2. The highest BCUT2D eigenvalue weighted by Crippen LogP contribution is 2.60. The number of hydrogen-bond acceptors (Lipinski definition) is 0. The van der Waals surface area contributed by atoms with Crippen LogP contribution in [0.3, 0.4) is 0 Å². The molecule has 3 aromatic rings. The molecule has 140 valence electrons. The van der Waals surface area contributed by atoms with Crippen LogP contribution < -0.4 is 0 Å². The Morgan fingerprint density at radius 2 is 1.29 bits per heavy atom. The molecule has 1 atom stereocenters. The van der Waals surface area contributed by atoms with E-state index in [0.717, 1.165) is 0 Å². The zero-order valence-corrected chi connectivity index (χ0v) is 20.6. The predicted octanol–water partition coefficient (Wildman–Crippen LogP) is 8.24. The first-order valence-corrected chi connectivity index (χ1v) is 11.9. The lowest BCUT2D eigenvalue weighted by Crippen LogP contribution is -2.29. The Bertz CT molecular complexity index is 1090. The summed E-state index contributed by atoms with van der Waals surface area (Å²) in [6.07, 6.45) is 2.39. The largest absolute Gasteiger partial charge is 0.0646 e. The van der Waals surface area contributed by atoms with Crippen LogP contribution in [-0.2, 0) is 0 Å². The summed E-state index contributed by atoms with van der Waals surface area (Å²) in [4.78, 5) is 0. The number of rotatable bonds is 2. The van der Waals surface area contributed by atoms with Crippen LogP contribution in [0.25, 0.3) is 17.2 Å². The molecule has 0 saturated carbocycles. The van der Waals surface area contributed by atoms with E-state index in [9.17, 15) is 0 Å². The van der Waals surface area contributed by atoms with Gasteiger partial charge in [-0.05, 0) is 115 Å². The standard InChI is InChI=1S/C26H22I2/c1-15-12-16-6-4-5-7-19(16)24(15)26(2,3)25-22-13-17(27)8-10-20(22)21-11-9-18(28)14-23(21)25/h4-14,24-25H,1-3H3. The van der Waals surface area contributed by atoms with Crippen molar-refractivity contribution in [1.82, 2.24) is 0 Å². The molecule has 2 heteroatoms. The normalized spacial score (nSPS) is 17.9. The summed E-state index contributed by atoms with van der Waals surface area (Å²) < 4.78 is 2.64. The average molecular weight is 588 g/mol. The number of benzene rings is 3. The monoisotopic (exact) mass is 588 g/mol. The van der Waals surface area contributed by atoms with Crippen LogP contribution in [0.1, 0.15) is 54.9 Å². The van der Waals surface area contributed by atoms with E-state index in [1.807, 2.05) is 0 Å². The van der Waals surface area contributed by atoms with Gasteiger partial charge in [0.1, 0.15) is 0 Å². The third kappa shape index (κ3) is 2.74. The first-order chi connectivity index (χ1) is 13.4. The van der Waals surface area contributed by atoms with Crippen molar-refractivity contribution < 1.29 is 0 Å². The van der Waals surface area contributed by atoms with Gasteiger partial charge in [0.15, 0.2) is 0 Å². The van der Waals surface area contributed by atoms with E-state index in [1.54, 1.807) is 0 Å². The van der Waals surface area contributed by atoms with Crippen molar-refractivity contribution in [3.63, 3.8) is 0 Å². The van der Waals surface area contributed by atoms with E-state index in [1.165, 1.54) is 46.1 Å². The van der Waals surface area contributed by atoms with E-state index in [4.69, 9.17) is 0 Å². The highest BCUT2D eigenvalue weighted by atomic mass is 127. The first kappa shape index (κ1) is 18.9. The molecular formula is C26H22I2. The Kier molecular flexibility index (Phi) is 4.51. The summed E-state index contributed by atoms with van der Waals surface area (Å²) >= 11 is 4.91. The average Bonchev–Trinajstić information content (AvgIpc) is 3.14. The number of hydrogen-bond donors (Lipinski definition) is 0. The molecule has 0 nitrogen and oxygen atoms in total. The summed E-state index contributed by atoms with van der Waals surface area (Å²) in [5, 5.41) is 0. The molecule has 2 aliphatic rings. The lowest BCUT2D eigenvalue weighted by Gasteiger charge is -2.40. The molecule has 5 rings (SSSR count). The molecule has 28 heavy (non-hydrogen) atoms. The maximum atomic E-state index is 2.47. The second-order valence-corrected chi connectivity index (χ2v) is 11.2. The highest BCUT2D eigenvalue weighted by molar-refractivity contribution is 14.1. The molecule has 0 saturated heterocycles. The number of fused-ring (bicyclic) bond motifs is 4. The zero-order chi connectivity index (χ0) is 19.6. The van der Waals surface area contributed by atoms with Crippen molar-refractivity contribution in [1.29, 1.82) is 0 Å². The van der Waals surface area contributed by atoms with Gasteiger partial charge in [-0.3, -0.25) is 0 Å². The van der Waals surface area contributed by atoms with Crippen LogP contribution in [0.5, 0.6) is 0 Å². The predicted molar refractivity (Wildman–Crippen MR) is 136 cm³/mol. The van der Waals surface area contributed by atoms with Crippen molar-refractivity contribution in [2.45, 2.75) is 32.6 Å². The summed E-state index contributed by atoms with van der Waals surface area (Å²) in [5.74, 6) is 0.824. The molecular weight excluding hydrogens is 566 g/mol. The molecule has 2 aliphatic carbocycles. The van der Waals surface area contributed by atoms with Gasteiger partial charge in [-0.25, -0.2) is 0 Å². The molecule has 0 fully saturated rings. The molecule has 0 radical (unpaired) electrons. The molecule has 0 bridgehead atoms. The fraction of sp³-hybridized carbons (Fsp3) is 0.231. The molecule has 0 aliphatic heterocycles. The Hall–Kier alpha value is -1.14. The maximum absolute atomic E-state index is 2.47. The first-order valence-electron chi connectivity index (χ1n) is 9.74. The number of allylic oxidation sites excluding steroid dienone is 1. The van der Waals surface area contributed by atoms with Crippen LogP contribution >= 0.6 is 45.2 Å². The SMILES string of the molecule is CC1=Cc2ccccc2C1C(C)(C)C1c2cc(I)ccc2-c2ccc(I)cc21. The maximum Gasteiger partial charge on any atom is 0.0162 e.